The van der Waals surface area contributed by atoms with Gasteiger partial charge in [-0.1, -0.05) is 41.9 Å². The van der Waals surface area contributed by atoms with Crippen molar-refractivity contribution in [3.05, 3.63) is 76.0 Å². The van der Waals surface area contributed by atoms with Gasteiger partial charge in [0, 0.05) is 5.38 Å². The molecule has 0 aliphatic rings. The first kappa shape index (κ1) is 20.1. The summed E-state index contributed by atoms with van der Waals surface area (Å²) < 4.78 is 6.74. The molecule has 0 saturated carbocycles. The summed E-state index contributed by atoms with van der Waals surface area (Å²) in [4.78, 5) is 21.6. The largest absolute Gasteiger partial charge is 0.495 e. The lowest BCUT2D eigenvalue weighted by Crippen LogP contribution is -2.13. The Labute approximate surface area is 182 Å². The van der Waals surface area contributed by atoms with E-state index < -0.39 is 0 Å². The first-order chi connectivity index (χ1) is 14.5. The van der Waals surface area contributed by atoms with Crippen molar-refractivity contribution in [2.75, 3.05) is 12.4 Å². The van der Waals surface area contributed by atoms with Gasteiger partial charge >= 0.3 is 0 Å². The van der Waals surface area contributed by atoms with Gasteiger partial charge in [-0.2, -0.15) is 5.10 Å². The normalized spacial score (nSPS) is 10.8. The second kappa shape index (κ2) is 8.64. The van der Waals surface area contributed by atoms with Gasteiger partial charge in [0.05, 0.1) is 36.8 Å². The van der Waals surface area contributed by atoms with Crippen LogP contribution in [0.15, 0.2) is 54.0 Å². The summed E-state index contributed by atoms with van der Waals surface area (Å²) in [6.07, 6.45) is 1.62. The van der Waals surface area contributed by atoms with Crippen LogP contribution in [0.1, 0.15) is 21.6 Å². The van der Waals surface area contributed by atoms with Crippen molar-refractivity contribution >= 4 is 34.0 Å². The molecule has 3 heterocycles. The number of hydrogen-bond acceptors (Lipinski definition) is 6. The summed E-state index contributed by atoms with van der Waals surface area (Å²) in [5.74, 6) is 0.320. The zero-order valence-corrected chi connectivity index (χ0v) is 17.9. The van der Waals surface area contributed by atoms with Gasteiger partial charge in [-0.3, -0.25) is 15.1 Å². The number of benzene rings is 1. The fourth-order valence-electron chi connectivity index (χ4n) is 2.93. The SMILES string of the molecule is COc1ccc(-c2csc(NC(=O)c3c(C)nn(Cc4ccccc4)c3Cl)n2)nc1. The smallest absolute Gasteiger partial charge is 0.262 e. The van der Waals surface area contributed by atoms with Gasteiger partial charge in [-0.15, -0.1) is 11.3 Å². The van der Waals surface area contributed by atoms with Gasteiger partial charge in [0.25, 0.3) is 5.91 Å². The van der Waals surface area contributed by atoms with Crippen molar-refractivity contribution < 1.29 is 9.53 Å². The molecule has 4 aromatic rings. The first-order valence-electron chi connectivity index (χ1n) is 9.09. The minimum atomic E-state index is -0.347. The molecule has 152 valence electrons. The van der Waals surface area contributed by atoms with Crippen molar-refractivity contribution in [2.45, 2.75) is 13.5 Å². The van der Waals surface area contributed by atoms with Gasteiger partial charge < -0.3 is 4.74 Å². The number of hydrogen-bond donors (Lipinski definition) is 1. The summed E-state index contributed by atoms with van der Waals surface area (Å²) in [5.41, 5.74) is 3.30. The molecule has 0 aliphatic carbocycles. The third kappa shape index (κ3) is 4.19. The molecular weight excluding hydrogens is 422 g/mol. The third-order valence-electron chi connectivity index (χ3n) is 4.43. The van der Waals surface area contributed by atoms with Crippen molar-refractivity contribution in [1.82, 2.24) is 19.7 Å². The average Bonchev–Trinajstić information content (AvgIpc) is 3.33. The molecule has 0 saturated heterocycles. The van der Waals surface area contributed by atoms with Crippen LogP contribution in [0.2, 0.25) is 5.15 Å². The van der Waals surface area contributed by atoms with E-state index in [1.807, 2.05) is 47.8 Å². The number of nitrogens with zero attached hydrogens (tertiary/aromatic N) is 4. The number of carbonyl (C=O) groups excluding carboxylic acids is 1. The van der Waals surface area contributed by atoms with Crippen LogP contribution >= 0.6 is 22.9 Å². The Morgan fingerprint density at radius 3 is 2.70 bits per heavy atom. The molecule has 0 unspecified atom stereocenters. The Morgan fingerprint density at radius 1 is 1.20 bits per heavy atom. The minimum absolute atomic E-state index is 0.294. The van der Waals surface area contributed by atoms with Crippen LogP contribution in [0.5, 0.6) is 5.75 Å². The predicted octanol–water partition coefficient (Wildman–Crippen LogP) is 4.67. The van der Waals surface area contributed by atoms with Crippen LogP contribution in [0.4, 0.5) is 5.13 Å². The van der Waals surface area contributed by atoms with E-state index in [1.165, 1.54) is 11.3 Å². The van der Waals surface area contributed by atoms with Gasteiger partial charge in [-0.05, 0) is 24.6 Å². The summed E-state index contributed by atoms with van der Waals surface area (Å²) in [7, 11) is 1.59. The Balaban J connectivity index is 1.51. The highest BCUT2D eigenvalue weighted by atomic mass is 35.5. The van der Waals surface area contributed by atoms with Gasteiger partial charge in [0.1, 0.15) is 16.6 Å². The van der Waals surface area contributed by atoms with Crippen LogP contribution < -0.4 is 10.1 Å². The van der Waals surface area contributed by atoms with E-state index in [9.17, 15) is 4.79 Å². The van der Waals surface area contributed by atoms with Gasteiger partial charge in [0.2, 0.25) is 0 Å². The number of amides is 1. The van der Waals surface area contributed by atoms with E-state index in [0.717, 1.165) is 5.56 Å². The van der Waals surface area contributed by atoms with Crippen LogP contribution in [0.3, 0.4) is 0 Å². The summed E-state index contributed by atoms with van der Waals surface area (Å²) in [6, 6.07) is 13.4. The number of aromatic nitrogens is 4. The lowest BCUT2D eigenvalue weighted by Gasteiger charge is -2.04. The maximum Gasteiger partial charge on any atom is 0.262 e. The zero-order valence-electron chi connectivity index (χ0n) is 16.3. The number of anilines is 1. The predicted molar refractivity (Wildman–Crippen MR) is 117 cm³/mol. The quantitative estimate of drug-likeness (QED) is 0.472. The fourth-order valence-corrected chi connectivity index (χ4v) is 3.95. The highest BCUT2D eigenvalue weighted by Gasteiger charge is 2.21. The number of carbonyl (C=O) groups is 1. The molecule has 1 amide bonds. The number of ether oxygens (including phenoxy) is 1. The van der Waals surface area contributed by atoms with Crippen molar-refractivity contribution in [1.29, 1.82) is 0 Å². The number of halogens is 1. The lowest BCUT2D eigenvalue weighted by molar-refractivity contribution is 0.102. The second-order valence-corrected chi connectivity index (χ2v) is 7.69. The maximum absolute atomic E-state index is 12.8. The fraction of sp³-hybridized carbons (Fsp3) is 0.143. The van der Waals surface area contributed by atoms with E-state index in [2.05, 4.69) is 20.4 Å². The average molecular weight is 440 g/mol. The molecule has 30 heavy (non-hydrogen) atoms. The number of aryl methyl sites for hydroxylation is 1. The van der Waals surface area contributed by atoms with Crippen LogP contribution in [0.25, 0.3) is 11.4 Å². The molecule has 0 bridgehead atoms. The van der Waals surface area contributed by atoms with E-state index in [4.69, 9.17) is 16.3 Å². The molecule has 0 spiro atoms. The van der Waals surface area contributed by atoms with E-state index in [-0.39, 0.29) is 5.91 Å². The second-order valence-electron chi connectivity index (χ2n) is 6.47. The standard InChI is InChI=1S/C21H18ClN5O2S/c1-13-18(19(22)27(26-13)11-14-6-4-3-5-7-14)20(28)25-21-24-17(12-30-21)16-9-8-15(29-2)10-23-16/h3-10,12H,11H2,1-2H3,(H,24,25,28). The molecule has 3 aromatic heterocycles. The van der Waals surface area contributed by atoms with Crippen molar-refractivity contribution in [3.8, 4) is 17.1 Å². The topological polar surface area (TPSA) is 81.9 Å². The number of pyridine rings is 1. The minimum Gasteiger partial charge on any atom is -0.495 e. The van der Waals surface area contributed by atoms with E-state index in [0.29, 0.717) is 45.2 Å². The maximum atomic E-state index is 12.8. The number of rotatable bonds is 6. The highest BCUT2D eigenvalue weighted by Crippen LogP contribution is 2.27. The number of nitrogens with one attached hydrogen (secondary N) is 1. The Kier molecular flexibility index (Phi) is 5.78. The molecule has 0 fully saturated rings. The van der Waals surface area contributed by atoms with Crippen LogP contribution in [-0.4, -0.2) is 32.8 Å². The summed E-state index contributed by atoms with van der Waals surface area (Å²) in [5, 5.41) is 9.81. The molecule has 0 radical (unpaired) electrons. The van der Waals surface area contributed by atoms with Crippen LogP contribution in [-0.2, 0) is 6.54 Å². The molecule has 1 aromatic carbocycles. The summed E-state index contributed by atoms with van der Waals surface area (Å²) >= 11 is 7.78. The monoisotopic (exact) mass is 439 g/mol. The lowest BCUT2D eigenvalue weighted by atomic mass is 10.2. The number of thiazole rings is 1. The Morgan fingerprint density at radius 2 is 2.00 bits per heavy atom. The first-order valence-corrected chi connectivity index (χ1v) is 10.3. The van der Waals surface area contributed by atoms with Crippen molar-refractivity contribution in [3.63, 3.8) is 0 Å². The molecule has 7 nitrogen and oxygen atoms in total. The Hall–Kier alpha value is -3.23. The third-order valence-corrected chi connectivity index (χ3v) is 5.57. The van der Waals surface area contributed by atoms with E-state index in [1.54, 1.807) is 24.9 Å². The van der Waals surface area contributed by atoms with Crippen molar-refractivity contribution in [2.24, 2.45) is 0 Å². The Bertz CT molecular complexity index is 1170. The molecular formula is C21H18ClN5O2S. The molecule has 0 atom stereocenters. The molecule has 9 heteroatoms. The van der Waals surface area contributed by atoms with Gasteiger partial charge in [-0.25, -0.2) is 9.67 Å². The highest BCUT2D eigenvalue weighted by molar-refractivity contribution is 7.14. The molecule has 4 rings (SSSR count). The van der Waals surface area contributed by atoms with Gasteiger partial charge in [0.15, 0.2) is 5.13 Å². The van der Waals surface area contributed by atoms with E-state index >= 15 is 0 Å². The zero-order chi connectivity index (χ0) is 21.1. The molecule has 1 N–H and O–H groups in total. The molecule has 0 aliphatic heterocycles. The number of methoxy groups -OCH3 is 1. The van der Waals surface area contributed by atoms with Crippen LogP contribution in [0, 0.1) is 6.92 Å². The summed E-state index contributed by atoms with van der Waals surface area (Å²) in [6.45, 7) is 2.25.